The summed E-state index contributed by atoms with van der Waals surface area (Å²) in [6, 6.07) is 0. The molecule has 0 aliphatic heterocycles. The zero-order valence-electron chi connectivity index (χ0n) is 9.76. The van der Waals surface area contributed by atoms with E-state index in [1.54, 1.807) is 0 Å². The first-order valence-corrected chi connectivity index (χ1v) is 6.43. The molecule has 3 atom stereocenters. The summed E-state index contributed by atoms with van der Waals surface area (Å²) in [5, 5.41) is 0. The molecule has 3 unspecified atom stereocenters. The molecule has 0 aromatic carbocycles. The average molecular weight is 195 g/mol. The van der Waals surface area contributed by atoms with Gasteiger partial charge in [-0.05, 0) is 37.0 Å². The third kappa shape index (κ3) is 1.60. The summed E-state index contributed by atoms with van der Waals surface area (Å²) < 4.78 is 0. The monoisotopic (exact) mass is 195 g/mol. The van der Waals surface area contributed by atoms with E-state index in [2.05, 4.69) is 13.8 Å². The predicted molar refractivity (Wildman–Crippen MR) is 61.1 cm³/mol. The molecule has 2 N–H and O–H groups in total. The molecule has 1 nitrogen and oxygen atoms in total. The fourth-order valence-electron chi connectivity index (χ4n) is 3.78. The van der Waals surface area contributed by atoms with Crippen molar-refractivity contribution in [1.29, 1.82) is 0 Å². The van der Waals surface area contributed by atoms with Gasteiger partial charge in [-0.2, -0.15) is 0 Å². The van der Waals surface area contributed by atoms with Crippen molar-refractivity contribution < 1.29 is 0 Å². The van der Waals surface area contributed by atoms with Crippen LogP contribution in [0.15, 0.2) is 0 Å². The van der Waals surface area contributed by atoms with Gasteiger partial charge in [-0.25, -0.2) is 0 Å². The first kappa shape index (κ1) is 10.5. The zero-order chi connectivity index (χ0) is 10.2. The molecule has 1 heteroatoms. The van der Waals surface area contributed by atoms with Gasteiger partial charge in [0.2, 0.25) is 0 Å². The van der Waals surface area contributed by atoms with Gasteiger partial charge in [0.05, 0.1) is 0 Å². The summed E-state index contributed by atoms with van der Waals surface area (Å²) in [4.78, 5) is 0. The van der Waals surface area contributed by atoms with E-state index in [4.69, 9.17) is 5.73 Å². The lowest BCUT2D eigenvalue weighted by Crippen LogP contribution is -2.55. The number of rotatable bonds is 1. The van der Waals surface area contributed by atoms with E-state index >= 15 is 0 Å². The van der Waals surface area contributed by atoms with Gasteiger partial charge >= 0.3 is 0 Å². The van der Waals surface area contributed by atoms with Gasteiger partial charge in [0.15, 0.2) is 0 Å². The van der Waals surface area contributed by atoms with Gasteiger partial charge < -0.3 is 5.73 Å². The Morgan fingerprint density at radius 3 is 2.29 bits per heavy atom. The Balaban J connectivity index is 2.11. The van der Waals surface area contributed by atoms with Crippen LogP contribution < -0.4 is 5.73 Å². The summed E-state index contributed by atoms with van der Waals surface area (Å²) in [5.41, 5.74) is 6.89. The second-order valence-corrected chi connectivity index (χ2v) is 5.75. The Bertz CT molecular complexity index is 191. The van der Waals surface area contributed by atoms with E-state index < -0.39 is 0 Å². The molecule has 2 aliphatic rings. The third-order valence-corrected chi connectivity index (χ3v) is 5.09. The summed E-state index contributed by atoms with van der Waals surface area (Å²) in [6.07, 6.45) is 9.67. The van der Waals surface area contributed by atoms with Crippen LogP contribution >= 0.6 is 0 Å². The molecule has 2 rings (SSSR count). The van der Waals surface area contributed by atoms with Crippen LogP contribution in [0, 0.1) is 17.8 Å². The van der Waals surface area contributed by atoms with Crippen LogP contribution in [0.2, 0.25) is 0 Å². The maximum Gasteiger partial charge on any atom is 0.0211 e. The van der Waals surface area contributed by atoms with Gasteiger partial charge in [0.25, 0.3) is 0 Å². The molecule has 2 aliphatic carbocycles. The molecule has 14 heavy (non-hydrogen) atoms. The SMILES string of the molecule is CC1CCCC(N)(C2CCCC2)C1C. The highest BCUT2D eigenvalue weighted by Gasteiger charge is 2.44. The summed E-state index contributed by atoms with van der Waals surface area (Å²) in [7, 11) is 0. The average Bonchev–Trinajstić information content (AvgIpc) is 2.67. The Morgan fingerprint density at radius 2 is 1.64 bits per heavy atom. The first-order chi connectivity index (χ1) is 6.64. The molecule has 0 aromatic rings. The second-order valence-electron chi connectivity index (χ2n) is 5.75. The van der Waals surface area contributed by atoms with Gasteiger partial charge in [0, 0.05) is 5.54 Å². The van der Waals surface area contributed by atoms with E-state index in [-0.39, 0.29) is 5.54 Å². The van der Waals surface area contributed by atoms with Crippen molar-refractivity contribution in [2.45, 2.75) is 64.3 Å². The van der Waals surface area contributed by atoms with E-state index in [9.17, 15) is 0 Å². The normalized spacial score (nSPS) is 45.6. The Hall–Kier alpha value is -0.0400. The van der Waals surface area contributed by atoms with Crippen molar-refractivity contribution in [3.05, 3.63) is 0 Å². The van der Waals surface area contributed by atoms with Crippen LogP contribution in [-0.4, -0.2) is 5.54 Å². The predicted octanol–water partition coefficient (Wildman–Crippen LogP) is 3.33. The quantitative estimate of drug-likeness (QED) is 0.682. The second kappa shape index (κ2) is 3.84. The minimum atomic E-state index is 0.189. The summed E-state index contributed by atoms with van der Waals surface area (Å²) in [5.74, 6) is 2.41. The minimum absolute atomic E-state index is 0.189. The standard InChI is InChI=1S/C13H25N/c1-10-6-5-9-13(14,11(10)2)12-7-3-4-8-12/h10-12H,3-9,14H2,1-2H3. The Morgan fingerprint density at radius 1 is 1.00 bits per heavy atom. The smallest absolute Gasteiger partial charge is 0.0211 e. The molecule has 0 saturated heterocycles. The molecule has 0 heterocycles. The first-order valence-electron chi connectivity index (χ1n) is 6.43. The van der Waals surface area contributed by atoms with Crippen LogP contribution in [0.5, 0.6) is 0 Å². The number of hydrogen-bond donors (Lipinski definition) is 1. The van der Waals surface area contributed by atoms with E-state index in [0.29, 0.717) is 0 Å². The highest BCUT2D eigenvalue weighted by molar-refractivity contribution is 5.00. The molecule has 82 valence electrons. The Labute approximate surface area is 88.4 Å². The van der Waals surface area contributed by atoms with E-state index in [1.807, 2.05) is 0 Å². The molecule has 2 saturated carbocycles. The van der Waals surface area contributed by atoms with Crippen LogP contribution in [-0.2, 0) is 0 Å². The van der Waals surface area contributed by atoms with Gasteiger partial charge in [-0.15, -0.1) is 0 Å². The van der Waals surface area contributed by atoms with Crippen molar-refractivity contribution >= 4 is 0 Å². The summed E-state index contributed by atoms with van der Waals surface area (Å²) in [6.45, 7) is 4.78. The lowest BCUT2D eigenvalue weighted by molar-refractivity contribution is 0.0872. The van der Waals surface area contributed by atoms with Crippen LogP contribution in [0.1, 0.15) is 58.8 Å². The number of nitrogens with two attached hydrogens (primary N) is 1. The highest BCUT2D eigenvalue weighted by Crippen LogP contribution is 2.45. The van der Waals surface area contributed by atoms with Crippen molar-refractivity contribution in [3.8, 4) is 0 Å². The van der Waals surface area contributed by atoms with Gasteiger partial charge in [0.1, 0.15) is 0 Å². The maximum absolute atomic E-state index is 6.70. The lowest BCUT2D eigenvalue weighted by atomic mass is 9.63. The van der Waals surface area contributed by atoms with Crippen LogP contribution in [0.25, 0.3) is 0 Å². The van der Waals surface area contributed by atoms with Crippen molar-refractivity contribution in [2.75, 3.05) is 0 Å². The molecule has 0 spiro atoms. The third-order valence-electron chi connectivity index (χ3n) is 5.09. The minimum Gasteiger partial charge on any atom is -0.325 e. The molecule has 2 fully saturated rings. The van der Waals surface area contributed by atoms with Crippen molar-refractivity contribution in [3.63, 3.8) is 0 Å². The van der Waals surface area contributed by atoms with Gasteiger partial charge in [-0.1, -0.05) is 39.5 Å². The van der Waals surface area contributed by atoms with Crippen molar-refractivity contribution in [1.82, 2.24) is 0 Å². The fraction of sp³-hybridized carbons (Fsp3) is 1.00. The molecule has 0 radical (unpaired) electrons. The molecular weight excluding hydrogens is 170 g/mol. The lowest BCUT2D eigenvalue weighted by Gasteiger charge is -2.47. The summed E-state index contributed by atoms with van der Waals surface area (Å²) >= 11 is 0. The highest BCUT2D eigenvalue weighted by atomic mass is 14.8. The van der Waals surface area contributed by atoms with Crippen molar-refractivity contribution in [2.24, 2.45) is 23.5 Å². The zero-order valence-corrected chi connectivity index (χ0v) is 9.76. The van der Waals surface area contributed by atoms with Crippen LogP contribution in [0.4, 0.5) is 0 Å². The maximum atomic E-state index is 6.70. The van der Waals surface area contributed by atoms with E-state index in [0.717, 1.165) is 17.8 Å². The molecule has 0 bridgehead atoms. The molecule has 0 aromatic heterocycles. The largest absolute Gasteiger partial charge is 0.325 e. The molecular formula is C13H25N. The topological polar surface area (TPSA) is 26.0 Å². The molecule has 0 amide bonds. The van der Waals surface area contributed by atoms with Crippen LogP contribution in [0.3, 0.4) is 0 Å². The fourth-order valence-corrected chi connectivity index (χ4v) is 3.78. The van der Waals surface area contributed by atoms with E-state index in [1.165, 1.54) is 44.9 Å². The van der Waals surface area contributed by atoms with Gasteiger partial charge in [-0.3, -0.25) is 0 Å². The number of hydrogen-bond acceptors (Lipinski definition) is 1. The Kier molecular flexibility index (Phi) is 2.88.